The number of halogens is 2. The third-order valence-corrected chi connectivity index (χ3v) is 0. The first-order valence-corrected chi connectivity index (χ1v) is 3.12. The van der Waals surface area contributed by atoms with E-state index in [1.54, 1.807) is 0 Å². The predicted molar refractivity (Wildman–Crippen MR) is 16.7 cm³/mol. The molecule has 0 heterocycles. The van der Waals surface area contributed by atoms with E-state index >= 15 is 0 Å². The molecule has 0 aliphatic rings. The summed E-state index contributed by atoms with van der Waals surface area (Å²) >= 11 is 0.382. The number of rotatable bonds is 0. The van der Waals surface area contributed by atoms with E-state index in [9.17, 15) is 0 Å². The van der Waals surface area contributed by atoms with E-state index in [4.69, 9.17) is 20.3 Å². The molecule has 0 aliphatic carbocycles. The summed E-state index contributed by atoms with van der Waals surface area (Å²) in [4.78, 5) is 0. The molecule has 0 unspecified atom stereocenters. The summed E-state index contributed by atoms with van der Waals surface area (Å²) in [5.41, 5.74) is 0. The fourth-order valence-corrected chi connectivity index (χ4v) is 0. The first-order chi connectivity index (χ1) is 1.41. The first-order valence-electron chi connectivity index (χ1n) is 0.252. The van der Waals surface area contributed by atoms with Gasteiger partial charge in [-0.05, 0) is 0 Å². The van der Waals surface area contributed by atoms with Gasteiger partial charge in [-0.25, -0.2) is 0 Å². The van der Waals surface area contributed by atoms with E-state index in [0.29, 0.717) is 12.9 Å². The van der Waals surface area contributed by atoms with Crippen LogP contribution in [0, 0.1) is 0 Å². The summed E-state index contributed by atoms with van der Waals surface area (Å²) in [6.07, 6.45) is 0. The molecule has 0 bridgehead atoms. The van der Waals surface area contributed by atoms with Crippen molar-refractivity contribution in [2.24, 2.45) is 0 Å². The first kappa shape index (κ1) is 16.0. The fraction of sp³-hybridized carbons (Fsp3) is 0. The Morgan fingerprint density at radius 3 is 1.20 bits per heavy atom. The maximum Gasteiger partial charge on any atom is 2.00 e. The van der Waals surface area contributed by atoms with Crippen LogP contribution in [0.5, 0.6) is 0 Å². The molecule has 0 saturated carbocycles. The Morgan fingerprint density at radius 2 is 1.20 bits per heavy atom. The van der Waals surface area contributed by atoms with Gasteiger partial charge < -0.3 is 6.15 Å². The van der Waals surface area contributed by atoms with Gasteiger partial charge in [0.05, 0.1) is 0 Å². The van der Waals surface area contributed by atoms with Crippen molar-refractivity contribution in [3.63, 3.8) is 0 Å². The smallest absolute Gasteiger partial charge is 2.00 e. The van der Waals surface area contributed by atoms with E-state index in [2.05, 4.69) is 0 Å². The van der Waals surface area contributed by atoms with Gasteiger partial charge in [-0.15, -0.1) is 0 Å². The minimum Gasteiger partial charge on any atom is 2.00 e. The van der Waals surface area contributed by atoms with Crippen molar-refractivity contribution in [1.29, 1.82) is 0 Å². The molecule has 1 nitrogen and oxygen atoms in total. The van der Waals surface area contributed by atoms with Crippen LogP contribution >= 0.6 is 20.3 Å². The molecule has 39 valence electrons. The average Bonchev–Trinajstić information content (AvgIpc) is 0.918. The second-order valence-electron chi connectivity index (χ2n) is 0.0476. The van der Waals surface area contributed by atoms with Gasteiger partial charge in [0.2, 0.25) is 0 Å². The zero-order chi connectivity index (χ0) is 2.71. The van der Waals surface area contributed by atoms with Crippen LogP contribution in [0.15, 0.2) is 0 Å². The van der Waals surface area contributed by atoms with Gasteiger partial charge in [0.15, 0.2) is 0 Å². The summed E-state index contributed by atoms with van der Waals surface area (Å²) in [7, 11) is 9.47. The summed E-state index contributed by atoms with van der Waals surface area (Å²) in [5, 5.41) is 0. The SMILES string of the molecule is N.[Cl][Co][Cl].[Ni+2]. The molecular formula is H3Cl2CoNNi+2. The summed E-state index contributed by atoms with van der Waals surface area (Å²) in [5.74, 6) is 0. The molecule has 5 heavy (non-hydrogen) atoms. The molecule has 3 N–H and O–H groups in total. The Balaban J connectivity index is -0.0000000200. The van der Waals surface area contributed by atoms with Gasteiger partial charge in [-0.1, -0.05) is 0 Å². The van der Waals surface area contributed by atoms with E-state index in [0.717, 1.165) is 0 Å². The van der Waals surface area contributed by atoms with Gasteiger partial charge in [0, 0.05) is 0 Å². The van der Waals surface area contributed by atoms with Crippen LogP contribution in [0.25, 0.3) is 0 Å². The second kappa shape index (κ2) is 17.7. The minimum absolute atomic E-state index is 0. The van der Waals surface area contributed by atoms with Crippen LogP contribution in [0.4, 0.5) is 0 Å². The Morgan fingerprint density at radius 1 is 1.20 bits per heavy atom. The zero-order valence-electron chi connectivity index (χ0n) is 2.11. The van der Waals surface area contributed by atoms with Crippen molar-refractivity contribution in [3.8, 4) is 0 Å². The van der Waals surface area contributed by atoms with Crippen LogP contribution in [0.2, 0.25) is 0 Å². The summed E-state index contributed by atoms with van der Waals surface area (Å²) in [6.45, 7) is 0. The zero-order valence-corrected chi connectivity index (χ0v) is 5.65. The largest absolute Gasteiger partial charge is 2.00 e. The van der Waals surface area contributed by atoms with E-state index in [1.165, 1.54) is 0 Å². The molecule has 0 saturated heterocycles. The maximum atomic E-state index is 4.73. The standard InChI is InChI=1S/2ClH.Co.H3N.Ni/h2*1H;;1H3;/q;;+2;;+2/p-2. The molecule has 0 rings (SSSR count). The van der Waals surface area contributed by atoms with Crippen LogP contribution in [-0.4, -0.2) is 0 Å². The second-order valence-corrected chi connectivity index (χ2v) is 1.77. The Labute approximate surface area is 55.8 Å². The fourth-order valence-electron chi connectivity index (χ4n) is 0. The van der Waals surface area contributed by atoms with Gasteiger partial charge in [0.1, 0.15) is 0 Å². The van der Waals surface area contributed by atoms with Crippen molar-refractivity contribution in [2.75, 3.05) is 0 Å². The van der Waals surface area contributed by atoms with Gasteiger partial charge in [-0.2, -0.15) is 0 Å². The van der Waals surface area contributed by atoms with Crippen LogP contribution < -0.4 is 6.15 Å². The molecule has 0 spiro atoms. The monoisotopic (exact) mass is 204 g/mol. The van der Waals surface area contributed by atoms with Crippen molar-refractivity contribution in [2.45, 2.75) is 0 Å². The van der Waals surface area contributed by atoms with E-state index in [-0.39, 0.29) is 22.6 Å². The van der Waals surface area contributed by atoms with Crippen molar-refractivity contribution >= 4 is 20.3 Å². The van der Waals surface area contributed by atoms with Gasteiger partial charge >= 0.3 is 49.7 Å². The molecule has 0 aromatic carbocycles. The third-order valence-electron chi connectivity index (χ3n) is 0. The quantitative estimate of drug-likeness (QED) is 0.598. The molecule has 0 aromatic rings. The predicted octanol–water partition coefficient (Wildman–Crippen LogP) is 1.54. The summed E-state index contributed by atoms with van der Waals surface area (Å²) in [6, 6.07) is 0. The van der Waals surface area contributed by atoms with Crippen molar-refractivity contribution in [1.82, 2.24) is 6.15 Å². The molecule has 0 radical (unpaired) electrons. The topological polar surface area (TPSA) is 35.0 Å². The van der Waals surface area contributed by atoms with E-state index < -0.39 is 0 Å². The molecule has 0 aliphatic heterocycles. The number of hydrogen-bond donors (Lipinski definition) is 1. The molecule has 0 atom stereocenters. The number of hydrogen-bond acceptors (Lipinski definition) is 1. The maximum absolute atomic E-state index is 4.73. The van der Waals surface area contributed by atoms with Gasteiger partial charge in [-0.3, -0.25) is 0 Å². The Kier molecular flexibility index (Phi) is 56.7. The minimum atomic E-state index is 0. The summed E-state index contributed by atoms with van der Waals surface area (Å²) < 4.78 is 0. The van der Waals surface area contributed by atoms with Crippen molar-refractivity contribution < 1.29 is 29.4 Å². The Hall–Kier alpha value is 1.54. The van der Waals surface area contributed by atoms with Crippen LogP contribution in [0.3, 0.4) is 0 Å². The van der Waals surface area contributed by atoms with Gasteiger partial charge in [0.25, 0.3) is 0 Å². The normalized spacial score (nSPS) is 4.40. The van der Waals surface area contributed by atoms with Crippen molar-refractivity contribution in [3.05, 3.63) is 0 Å². The average molecular weight is 206 g/mol. The molecule has 5 heteroatoms. The molecular weight excluding hydrogens is 203 g/mol. The third kappa shape index (κ3) is 29.3. The molecule has 0 fully saturated rings. The molecule has 0 aromatic heterocycles. The van der Waals surface area contributed by atoms with Crippen LogP contribution in [-0.2, 0) is 29.4 Å². The van der Waals surface area contributed by atoms with Crippen LogP contribution in [0.1, 0.15) is 0 Å². The van der Waals surface area contributed by atoms with E-state index in [1.807, 2.05) is 0 Å². The molecule has 0 amide bonds. The Bertz CT molecular complexity index is 9.61.